The highest BCUT2D eigenvalue weighted by Gasteiger charge is 2.24. The van der Waals surface area contributed by atoms with Gasteiger partial charge in [0.2, 0.25) is 0 Å². The van der Waals surface area contributed by atoms with E-state index in [9.17, 15) is 14.4 Å². The Morgan fingerprint density at radius 1 is 1.35 bits per heavy atom. The average Bonchev–Trinajstić information content (AvgIpc) is 2.95. The van der Waals surface area contributed by atoms with Crippen LogP contribution in [0.3, 0.4) is 0 Å². The highest BCUT2D eigenvalue weighted by atomic mass is 19.1. The van der Waals surface area contributed by atoms with Gasteiger partial charge in [-0.15, -0.1) is 0 Å². The van der Waals surface area contributed by atoms with E-state index in [4.69, 9.17) is 4.74 Å². The highest BCUT2D eigenvalue weighted by molar-refractivity contribution is 5.87. The number of carbonyl (C=O) groups is 1. The maximum atomic E-state index is 14.9. The summed E-state index contributed by atoms with van der Waals surface area (Å²) in [6.07, 6.45) is 0.278. The first-order valence-corrected chi connectivity index (χ1v) is 10.4. The molecule has 31 heavy (non-hydrogen) atoms. The van der Waals surface area contributed by atoms with Crippen LogP contribution >= 0.6 is 0 Å². The second kappa shape index (κ2) is 9.29. The summed E-state index contributed by atoms with van der Waals surface area (Å²) in [5.41, 5.74) is 3.13. The molecule has 160 valence electrons. The molecule has 0 saturated carbocycles. The lowest BCUT2D eigenvalue weighted by Crippen LogP contribution is -2.46. The SMILES string of the molecule is Cn1c(-c2ccc(C[C@@H](C#N)NC(=O)C3CNCCCO3)c(F)c2)cc2ccccc21. The summed E-state index contributed by atoms with van der Waals surface area (Å²) in [5, 5.41) is 16.4. The summed E-state index contributed by atoms with van der Waals surface area (Å²) in [6, 6.07) is 16.3. The zero-order valence-electron chi connectivity index (χ0n) is 17.4. The smallest absolute Gasteiger partial charge is 0.251 e. The van der Waals surface area contributed by atoms with Crippen molar-refractivity contribution in [1.82, 2.24) is 15.2 Å². The van der Waals surface area contributed by atoms with E-state index in [1.165, 1.54) is 6.07 Å². The second-order valence-electron chi connectivity index (χ2n) is 7.77. The fraction of sp³-hybridized carbons (Fsp3) is 0.333. The van der Waals surface area contributed by atoms with Gasteiger partial charge < -0.3 is 19.9 Å². The zero-order valence-corrected chi connectivity index (χ0v) is 17.4. The fourth-order valence-electron chi connectivity index (χ4n) is 3.93. The van der Waals surface area contributed by atoms with E-state index in [1.807, 2.05) is 48.0 Å². The molecule has 3 aromatic rings. The van der Waals surface area contributed by atoms with Crippen molar-refractivity contribution in [2.45, 2.75) is 25.0 Å². The largest absolute Gasteiger partial charge is 0.367 e. The van der Waals surface area contributed by atoms with Gasteiger partial charge in [0.15, 0.2) is 0 Å². The van der Waals surface area contributed by atoms with Crippen LogP contribution in [0.5, 0.6) is 0 Å². The maximum absolute atomic E-state index is 14.9. The molecule has 6 nitrogen and oxygen atoms in total. The number of rotatable bonds is 5. The van der Waals surface area contributed by atoms with Gasteiger partial charge >= 0.3 is 0 Å². The van der Waals surface area contributed by atoms with Gasteiger partial charge in [0.05, 0.1) is 6.07 Å². The number of benzene rings is 2. The number of aromatic nitrogens is 1. The highest BCUT2D eigenvalue weighted by Crippen LogP contribution is 2.28. The number of halogens is 1. The van der Waals surface area contributed by atoms with Gasteiger partial charge in [-0.3, -0.25) is 4.79 Å². The van der Waals surface area contributed by atoms with E-state index in [0.29, 0.717) is 18.7 Å². The molecule has 2 N–H and O–H groups in total. The third-order valence-corrected chi connectivity index (χ3v) is 5.64. The Balaban J connectivity index is 1.48. The summed E-state index contributed by atoms with van der Waals surface area (Å²) in [6.45, 7) is 1.68. The molecule has 1 fully saturated rings. The van der Waals surface area contributed by atoms with Gasteiger partial charge in [-0.25, -0.2) is 4.39 Å². The van der Waals surface area contributed by atoms with E-state index in [0.717, 1.165) is 35.1 Å². The molecule has 7 heteroatoms. The Labute approximate surface area is 180 Å². The van der Waals surface area contributed by atoms with E-state index in [1.54, 1.807) is 6.07 Å². The Hall–Kier alpha value is -3.21. The first kappa shape index (κ1) is 21.0. The number of hydrogen-bond donors (Lipinski definition) is 2. The van der Waals surface area contributed by atoms with Gasteiger partial charge in [-0.05, 0) is 36.7 Å². The number of aryl methyl sites for hydroxylation is 1. The summed E-state index contributed by atoms with van der Waals surface area (Å²) >= 11 is 0. The average molecular weight is 420 g/mol. The Bertz CT molecular complexity index is 1130. The first-order valence-electron chi connectivity index (χ1n) is 10.4. The van der Waals surface area contributed by atoms with E-state index < -0.39 is 18.0 Å². The van der Waals surface area contributed by atoms with Crippen LogP contribution in [0, 0.1) is 17.1 Å². The van der Waals surface area contributed by atoms with E-state index in [2.05, 4.69) is 16.7 Å². The normalized spacial score (nSPS) is 17.6. The molecular weight excluding hydrogens is 395 g/mol. The minimum atomic E-state index is -0.836. The number of amides is 1. The molecule has 1 aromatic heterocycles. The molecule has 1 unspecified atom stereocenters. The summed E-state index contributed by atoms with van der Waals surface area (Å²) in [7, 11) is 1.95. The minimum absolute atomic E-state index is 0.0869. The van der Waals surface area contributed by atoms with Crippen LogP contribution in [0.1, 0.15) is 12.0 Å². The quantitative estimate of drug-likeness (QED) is 0.665. The molecule has 0 aliphatic carbocycles. The van der Waals surface area contributed by atoms with Gasteiger partial charge in [0.25, 0.3) is 5.91 Å². The van der Waals surface area contributed by atoms with E-state index in [-0.39, 0.29) is 12.3 Å². The number of nitriles is 1. The van der Waals surface area contributed by atoms with Gasteiger partial charge in [0, 0.05) is 48.8 Å². The first-order chi connectivity index (χ1) is 15.1. The van der Waals surface area contributed by atoms with Crippen molar-refractivity contribution < 1.29 is 13.9 Å². The van der Waals surface area contributed by atoms with Crippen LogP contribution < -0.4 is 10.6 Å². The number of para-hydroxylation sites is 1. The number of hydrogen-bond acceptors (Lipinski definition) is 4. The molecule has 1 amide bonds. The summed E-state index contributed by atoms with van der Waals surface area (Å²) < 4.78 is 22.5. The number of ether oxygens (including phenoxy) is 1. The van der Waals surface area contributed by atoms with Crippen LogP contribution in [0.15, 0.2) is 48.5 Å². The van der Waals surface area contributed by atoms with Gasteiger partial charge in [-0.1, -0.05) is 30.3 Å². The number of nitrogens with one attached hydrogen (secondary N) is 2. The van der Waals surface area contributed by atoms with Crippen LogP contribution in [0.25, 0.3) is 22.2 Å². The topological polar surface area (TPSA) is 79.1 Å². The predicted molar refractivity (Wildman–Crippen MR) is 117 cm³/mol. The fourth-order valence-corrected chi connectivity index (χ4v) is 3.93. The lowest BCUT2D eigenvalue weighted by molar-refractivity contribution is -0.132. The molecule has 1 saturated heterocycles. The minimum Gasteiger partial charge on any atom is -0.367 e. The van der Waals surface area contributed by atoms with Crippen molar-refractivity contribution in [3.8, 4) is 17.3 Å². The predicted octanol–water partition coefficient (Wildman–Crippen LogP) is 2.91. The Morgan fingerprint density at radius 3 is 2.97 bits per heavy atom. The number of nitrogens with zero attached hydrogens (tertiary/aromatic N) is 2. The standard InChI is InChI=1S/C24H25FN4O2/c1-29-21-6-3-2-5-17(21)13-22(29)18-8-7-16(20(25)12-18)11-19(14-26)28-24(30)23-15-27-9-4-10-31-23/h2-3,5-8,12-13,19,23,27H,4,9-11,15H2,1H3,(H,28,30)/t19-,23?/m0/s1. The second-order valence-corrected chi connectivity index (χ2v) is 7.77. The summed E-state index contributed by atoms with van der Waals surface area (Å²) in [4.78, 5) is 12.4. The van der Waals surface area contributed by atoms with Crippen LogP contribution in [-0.2, 0) is 23.0 Å². The molecule has 1 aliphatic rings. The van der Waals surface area contributed by atoms with Crippen molar-refractivity contribution in [1.29, 1.82) is 5.26 Å². The Morgan fingerprint density at radius 2 is 2.19 bits per heavy atom. The van der Waals surface area contributed by atoms with E-state index >= 15 is 0 Å². The van der Waals surface area contributed by atoms with Crippen molar-refractivity contribution in [3.63, 3.8) is 0 Å². The molecule has 0 radical (unpaired) electrons. The maximum Gasteiger partial charge on any atom is 0.251 e. The third-order valence-electron chi connectivity index (χ3n) is 5.64. The van der Waals surface area contributed by atoms with Crippen molar-refractivity contribution in [2.75, 3.05) is 19.7 Å². The number of fused-ring (bicyclic) bond motifs is 1. The number of carbonyl (C=O) groups excluding carboxylic acids is 1. The molecule has 2 heterocycles. The lowest BCUT2D eigenvalue weighted by atomic mass is 10.0. The molecule has 2 atom stereocenters. The lowest BCUT2D eigenvalue weighted by Gasteiger charge is -2.18. The van der Waals surface area contributed by atoms with Crippen molar-refractivity contribution in [2.24, 2.45) is 7.05 Å². The van der Waals surface area contributed by atoms with Gasteiger partial charge in [0.1, 0.15) is 18.0 Å². The monoisotopic (exact) mass is 420 g/mol. The molecule has 2 aromatic carbocycles. The zero-order chi connectivity index (χ0) is 21.8. The molecule has 1 aliphatic heterocycles. The molecule has 0 bridgehead atoms. The van der Waals surface area contributed by atoms with Gasteiger partial charge in [-0.2, -0.15) is 5.26 Å². The molecule has 0 spiro atoms. The third kappa shape index (κ3) is 4.61. The van der Waals surface area contributed by atoms with Crippen LogP contribution in [0.4, 0.5) is 4.39 Å². The molecular formula is C24H25FN4O2. The van der Waals surface area contributed by atoms with Crippen molar-refractivity contribution in [3.05, 3.63) is 59.9 Å². The van der Waals surface area contributed by atoms with Crippen LogP contribution in [-0.4, -0.2) is 42.3 Å². The Kier molecular flexibility index (Phi) is 6.31. The van der Waals surface area contributed by atoms with Crippen LogP contribution in [0.2, 0.25) is 0 Å². The summed E-state index contributed by atoms with van der Waals surface area (Å²) in [5.74, 6) is -0.752. The van der Waals surface area contributed by atoms with Crippen molar-refractivity contribution >= 4 is 16.8 Å². The molecule has 4 rings (SSSR count).